The van der Waals surface area contributed by atoms with Gasteiger partial charge in [-0.1, -0.05) is 59.1 Å². The Morgan fingerprint density at radius 3 is 2.58 bits per heavy atom. The summed E-state index contributed by atoms with van der Waals surface area (Å²) in [6.45, 7) is 4.41. The summed E-state index contributed by atoms with van der Waals surface area (Å²) in [5.74, 6) is 0.143. The predicted molar refractivity (Wildman–Crippen MR) is 147 cm³/mol. The smallest absolute Gasteiger partial charge is 0.247 e. The van der Waals surface area contributed by atoms with Gasteiger partial charge in [-0.2, -0.15) is 10.2 Å². The second-order valence-electron chi connectivity index (χ2n) is 8.47. The Morgan fingerprint density at radius 2 is 1.83 bits per heavy atom. The molecule has 0 radical (unpaired) electrons. The third kappa shape index (κ3) is 5.02. The van der Waals surface area contributed by atoms with E-state index in [1.165, 1.54) is 5.56 Å². The van der Waals surface area contributed by atoms with E-state index in [1.807, 2.05) is 19.1 Å². The zero-order chi connectivity index (χ0) is 25.4. The Hall–Kier alpha value is -3.20. The summed E-state index contributed by atoms with van der Waals surface area (Å²) in [6, 6.07) is 15.6. The van der Waals surface area contributed by atoms with Crippen molar-refractivity contribution in [1.29, 1.82) is 0 Å². The van der Waals surface area contributed by atoms with Crippen LogP contribution in [0.5, 0.6) is 0 Å². The van der Waals surface area contributed by atoms with Gasteiger partial charge in [0, 0.05) is 27.8 Å². The molecule has 10 heteroatoms. The van der Waals surface area contributed by atoms with E-state index < -0.39 is 0 Å². The average Bonchev–Trinajstić information content (AvgIpc) is 3.34. The van der Waals surface area contributed by atoms with Crippen LogP contribution in [0, 0.1) is 13.8 Å². The third-order valence-corrected chi connectivity index (χ3v) is 6.95. The maximum atomic E-state index is 12.9. The lowest BCUT2D eigenvalue weighted by Crippen LogP contribution is -2.20. The van der Waals surface area contributed by atoms with Crippen LogP contribution in [-0.4, -0.2) is 30.5 Å². The van der Waals surface area contributed by atoms with Crippen molar-refractivity contribution in [3.05, 3.63) is 92.3 Å². The first-order valence-electron chi connectivity index (χ1n) is 11.1. The number of anilines is 1. The first-order valence-corrected chi connectivity index (χ1v) is 12.7. The van der Waals surface area contributed by atoms with Gasteiger partial charge in [0.15, 0.2) is 11.5 Å². The van der Waals surface area contributed by atoms with Crippen LogP contribution >= 0.6 is 39.1 Å². The molecule has 0 fully saturated rings. The molecule has 0 saturated carbocycles. The lowest BCUT2D eigenvalue weighted by Gasteiger charge is -2.07. The molecule has 0 saturated heterocycles. The van der Waals surface area contributed by atoms with Crippen LogP contribution < -0.4 is 5.32 Å². The number of benzene rings is 2. The molecule has 36 heavy (non-hydrogen) atoms. The van der Waals surface area contributed by atoms with E-state index in [2.05, 4.69) is 67.6 Å². The van der Waals surface area contributed by atoms with Gasteiger partial charge in [0.25, 0.3) is 0 Å². The maximum Gasteiger partial charge on any atom is 0.247 e. The second kappa shape index (κ2) is 10.0. The molecular formula is C26H21BrCl2N6O. The number of fused-ring (bicyclic) bond motifs is 1. The van der Waals surface area contributed by atoms with E-state index in [4.69, 9.17) is 23.2 Å². The molecule has 0 aliphatic rings. The number of carbonyl (C=O) groups excluding carboxylic acids is 1. The van der Waals surface area contributed by atoms with Crippen molar-refractivity contribution in [2.24, 2.45) is 0 Å². The van der Waals surface area contributed by atoms with Crippen LogP contribution in [0.2, 0.25) is 10.0 Å². The Morgan fingerprint density at radius 1 is 1.06 bits per heavy atom. The van der Waals surface area contributed by atoms with Gasteiger partial charge < -0.3 is 5.32 Å². The van der Waals surface area contributed by atoms with Gasteiger partial charge in [0.1, 0.15) is 6.54 Å². The number of nitrogens with zero attached hydrogens (tertiary/aromatic N) is 5. The number of rotatable bonds is 6. The largest absolute Gasteiger partial charge is 0.307 e. The molecule has 3 heterocycles. The molecule has 0 atom stereocenters. The Balaban J connectivity index is 1.35. The van der Waals surface area contributed by atoms with Gasteiger partial charge in [-0.3, -0.25) is 9.48 Å². The predicted octanol–water partition coefficient (Wildman–Crippen LogP) is 6.67. The molecule has 0 bridgehead atoms. The number of hydrogen-bond donors (Lipinski definition) is 1. The standard InChI is InChI=1S/C26H21BrCl2N6O/c1-15-3-5-17(6-4-15)20-9-10-30-26-24(20)16(2)32-35(26)14-23(36)31-25-21(27)13-34(33-25)12-18-7-8-19(28)11-22(18)29/h3-11,13H,12,14H2,1-2H3,(H,31,33,36). The number of pyridine rings is 1. The number of aryl methyl sites for hydroxylation is 2. The minimum Gasteiger partial charge on any atom is -0.307 e. The SMILES string of the molecule is Cc1ccc(-c2ccnc3c2c(C)nn3CC(=O)Nc2nn(Cc3ccc(Cl)cc3Cl)cc2Br)cc1. The summed E-state index contributed by atoms with van der Waals surface area (Å²) in [6.07, 6.45) is 3.52. The molecule has 5 rings (SSSR count). The van der Waals surface area contributed by atoms with Crippen molar-refractivity contribution >= 4 is 61.9 Å². The molecule has 1 amide bonds. The fourth-order valence-electron chi connectivity index (χ4n) is 4.06. The summed E-state index contributed by atoms with van der Waals surface area (Å²) in [4.78, 5) is 17.5. The molecule has 182 valence electrons. The van der Waals surface area contributed by atoms with Crippen LogP contribution in [0.3, 0.4) is 0 Å². The molecule has 0 aliphatic carbocycles. The van der Waals surface area contributed by atoms with Crippen molar-refractivity contribution in [3.63, 3.8) is 0 Å². The number of amides is 1. The Bertz CT molecular complexity index is 1590. The van der Waals surface area contributed by atoms with E-state index in [0.29, 0.717) is 32.5 Å². The number of carbonyl (C=O) groups is 1. The minimum atomic E-state index is -0.266. The topological polar surface area (TPSA) is 77.6 Å². The van der Waals surface area contributed by atoms with Crippen molar-refractivity contribution in [2.45, 2.75) is 26.9 Å². The van der Waals surface area contributed by atoms with Gasteiger partial charge in [-0.15, -0.1) is 0 Å². The number of halogens is 3. The van der Waals surface area contributed by atoms with Crippen LogP contribution in [0.1, 0.15) is 16.8 Å². The first-order chi connectivity index (χ1) is 17.3. The van der Waals surface area contributed by atoms with Gasteiger partial charge in [0.2, 0.25) is 5.91 Å². The van der Waals surface area contributed by atoms with Crippen molar-refractivity contribution in [3.8, 4) is 11.1 Å². The normalized spacial score (nSPS) is 11.2. The number of aromatic nitrogens is 5. The highest BCUT2D eigenvalue weighted by molar-refractivity contribution is 9.10. The van der Waals surface area contributed by atoms with E-state index in [9.17, 15) is 4.79 Å². The van der Waals surface area contributed by atoms with Gasteiger partial charge in [-0.25, -0.2) is 9.67 Å². The fourth-order valence-corrected chi connectivity index (χ4v) is 4.94. The summed E-state index contributed by atoms with van der Waals surface area (Å²) in [5.41, 5.74) is 5.64. The molecular weight excluding hydrogens is 563 g/mol. The Labute approximate surface area is 226 Å². The van der Waals surface area contributed by atoms with E-state index in [-0.39, 0.29) is 12.5 Å². The lowest BCUT2D eigenvalue weighted by atomic mass is 10.0. The van der Waals surface area contributed by atoms with Crippen LogP contribution in [0.25, 0.3) is 22.2 Å². The van der Waals surface area contributed by atoms with Crippen LogP contribution in [-0.2, 0) is 17.9 Å². The van der Waals surface area contributed by atoms with E-state index in [1.54, 1.807) is 33.9 Å². The molecule has 5 aromatic rings. The molecule has 7 nitrogen and oxygen atoms in total. The monoisotopic (exact) mass is 582 g/mol. The van der Waals surface area contributed by atoms with Crippen molar-refractivity contribution in [2.75, 3.05) is 5.32 Å². The molecule has 1 N–H and O–H groups in total. The van der Waals surface area contributed by atoms with Crippen LogP contribution in [0.4, 0.5) is 5.82 Å². The van der Waals surface area contributed by atoms with Gasteiger partial charge in [-0.05, 0) is 64.7 Å². The second-order valence-corrected chi connectivity index (χ2v) is 10.2. The zero-order valence-corrected chi connectivity index (χ0v) is 22.6. The van der Waals surface area contributed by atoms with E-state index in [0.717, 1.165) is 27.8 Å². The Kier molecular flexibility index (Phi) is 6.83. The van der Waals surface area contributed by atoms with Crippen molar-refractivity contribution < 1.29 is 4.79 Å². The highest BCUT2D eigenvalue weighted by Crippen LogP contribution is 2.30. The maximum absolute atomic E-state index is 12.9. The minimum absolute atomic E-state index is 0.00297. The lowest BCUT2D eigenvalue weighted by molar-refractivity contribution is -0.116. The highest BCUT2D eigenvalue weighted by Gasteiger charge is 2.17. The van der Waals surface area contributed by atoms with Crippen LogP contribution in [0.15, 0.2) is 65.4 Å². The number of hydrogen-bond acceptors (Lipinski definition) is 4. The van der Waals surface area contributed by atoms with Gasteiger partial charge >= 0.3 is 0 Å². The quantitative estimate of drug-likeness (QED) is 0.242. The molecule has 0 aliphatic heterocycles. The summed E-state index contributed by atoms with van der Waals surface area (Å²) >= 11 is 15.7. The fraction of sp³-hybridized carbons (Fsp3) is 0.154. The van der Waals surface area contributed by atoms with Gasteiger partial charge in [0.05, 0.1) is 16.7 Å². The number of nitrogens with one attached hydrogen (secondary N) is 1. The molecule has 3 aromatic heterocycles. The average molecular weight is 584 g/mol. The summed E-state index contributed by atoms with van der Waals surface area (Å²) < 4.78 is 3.97. The highest BCUT2D eigenvalue weighted by atomic mass is 79.9. The molecule has 2 aromatic carbocycles. The first kappa shape index (κ1) is 24.5. The molecule has 0 spiro atoms. The van der Waals surface area contributed by atoms with E-state index >= 15 is 0 Å². The summed E-state index contributed by atoms with van der Waals surface area (Å²) in [5, 5.41) is 14.0. The third-order valence-electron chi connectivity index (χ3n) is 5.79. The summed E-state index contributed by atoms with van der Waals surface area (Å²) in [7, 11) is 0. The molecule has 0 unspecified atom stereocenters. The zero-order valence-electron chi connectivity index (χ0n) is 19.5. The van der Waals surface area contributed by atoms with Crippen molar-refractivity contribution in [1.82, 2.24) is 24.5 Å².